The van der Waals surface area contributed by atoms with Crippen LogP contribution < -0.4 is 10.1 Å². The Bertz CT molecular complexity index is 1360. The molecule has 0 radical (unpaired) electrons. The van der Waals surface area contributed by atoms with Gasteiger partial charge in [-0.3, -0.25) is 4.79 Å². The third-order valence-corrected chi connectivity index (χ3v) is 6.69. The van der Waals surface area contributed by atoms with Crippen molar-refractivity contribution in [3.05, 3.63) is 86.9 Å². The van der Waals surface area contributed by atoms with Crippen molar-refractivity contribution < 1.29 is 9.53 Å². The summed E-state index contributed by atoms with van der Waals surface area (Å²) in [6, 6.07) is 17.6. The Balaban J connectivity index is 1.88. The van der Waals surface area contributed by atoms with Crippen LogP contribution in [0.3, 0.4) is 0 Å². The predicted molar refractivity (Wildman–Crippen MR) is 135 cm³/mol. The number of aryl methyl sites for hydroxylation is 2. The molecule has 0 bridgehead atoms. The first-order valence-corrected chi connectivity index (χ1v) is 11.2. The zero-order valence-corrected chi connectivity index (χ0v) is 20.4. The van der Waals surface area contributed by atoms with Crippen LogP contribution in [-0.2, 0) is 0 Å². The van der Waals surface area contributed by atoms with Crippen LogP contribution in [0.15, 0.2) is 59.1 Å². The standard InChI is InChI=1S/C27H25BrN2O2/c1-15-11-16(2)26-21(12-15)22(14-25(29-26)19-7-6-8-20(13-19)32-5)27(31)30-24-10-9-23(28)17(3)18(24)4/h6-14H,1-5H3,(H,30,31). The number of anilines is 1. The van der Waals surface area contributed by atoms with Crippen molar-refractivity contribution in [3.63, 3.8) is 0 Å². The Morgan fingerprint density at radius 2 is 1.75 bits per heavy atom. The largest absolute Gasteiger partial charge is 0.497 e. The Kier molecular flexibility index (Phi) is 6.02. The first-order valence-electron chi connectivity index (χ1n) is 10.4. The van der Waals surface area contributed by atoms with Gasteiger partial charge in [-0.2, -0.15) is 0 Å². The minimum atomic E-state index is -0.156. The summed E-state index contributed by atoms with van der Waals surface area (Å²) in [6.07, 6.45) is 0. The van der Waals surface area contributed by atoms with E-state index in [1.807, 2.05) is 76.2 Å². The van der Waals surface area contributed by atoms with Gasteiger partial charge in [0.25, 0.3) is 5.91 Å². The van der Waals surface area contributed by atoms with E-state index >= 15 is 0 Å². The van der Waals surface area contributed by atoms with Gasteiger partial charge in [-0.05, 0) is 80.8 Å². The van der Waals surface area contributed by atoms with Gasteiger partial charge in [0.1, 0.15) is 5.75 Å². The molecular formula is C27H25BrN2O2. The number of nitrogens with one attached hydrogen (secondary N) is 1. The minimum absolute atomic E-state index is 0.156. The van der Waals surface area contributed by atoms with Crippen LogP contribution in [0.2, 0.25) is 0 Å². The number of rotatable bonds is 4. The van der Waals surface area contributed by atoms with Crippen molar-refractivity contribution in [2.75, 3.05) is 12.4 Å². The lowest BCUT2D eigenvalue weighted by Gasteiger charge is -2.15. The molecule has 0 spiro atoms. The molecule has 4 nitrogen and oxygen atoms in total. The summed E-state index contributed by atoms with van der Waals surface area (Å²) in [4.78, 5) is 18.4. The van der Waals surface area contributed by atoms with Crippen LogP contribution in [0.4, 0.5) is 5.69 Å². The number of amides is 1. The lowest BCUT2D eigenvalue weighted by atomic mass is 9.99. The molecule has 0 unspecified atom stereocenters. The molecule has 0 fully saturated rings. The van der Waals surface area contributed by atoms with E-state index in [-0.39, 0.29) is 5.91 Å². The van der Waals surface area contributed by atoms with E-state index < -0.39 is 0 Å². The highest BCUT2D eigenvalue weighted by Crippen LogP contribution is 2.31. The highest BCUT2D eigenvalue weighted by molar-refractivity contribution is 9.10. The van der Waals surface area contributed by atoms with Crippen LogP contribution in [0.1, 0.15) is 32.6 Å². The lowest BCUT2D eigenvalue weighted by molar-refractivity contribution is 0.102. The number of nitrogens with zero attached hydrogens (tertiary/aromatic N) is 1. The molecule has 32 heavy (non-hydrogen) atoms. The molecule has 0 saturated carbocycles. The van der Waals surface area contributed by atoms with Gasteiger partial charge in [0.15, 0.2) is 0 Å². The second kappa shape index (κ2) is 8.75. The van der Waals surface area contributed by atoms with Crippen molar-refractivity contribution in [1.82, 2.24) is 4.98 Å². The molecule has 0 aliphatic carbocycles. The predicted octanol–water partition coefficient (Wildman–Crippen LogP) is 7.16. The fourth-order valence-corrected chi connectivity index (χ4v) is 4.34. The minimum Gasteiger partial charge on any atom is -0.497 e. The van der Waals surface area contributed by atoms with Crippen molar-refractivity contribution in [2.45, 2.75) is 27.7 Å². The second-order valence-corrected chi connectivity index (χ2v) is 8.92. The number of halogens is 1. The number of hydrogen-bond acceptors (Lipinski definition) is 3. The van der Waals surface area contributed by atoms with E-state index in [1.165, 1.54) is 0 Å². The fraction of sp³-hybridized carbons (Fsp3) is 0.185. The molecule has 4 rings (SSSR count). The molecule has 0 aliphatic rings. The van der Waals surface area contributed by atoms with Gasteiger partial charge in [-0.1, -0.05) is 39.7 Å². The third-order valence-electron chi connectivity index (χ3n) is 5.83. The number of hydrogen-bond donors (Lipinski definition) is 1. The van der Waals surface area contributed by atoms with Crippen LogP contribution in [0, 0.1) is 27.7 Å². The number of carbonyl (C=O) groups excluding carboxylic acids is 1. The third kappa shape index (κ3) is 4.13. The summed E-state index contributed by atoms with van der Waals surface area (Å²) in [7, 11) is 1.64. The summed E-state index contributed by atoms with van der Waals surface area (Å²) in [5, 5.41) is 3.96. The Hall–Kier alpha value is -3.18. The van der Waals surface area contributed by atoms with E-state index in [9.17, 15) is 4.79 Å². The highest BCUT2D eigenvalue weighted by atomic mass is 79.9. The normalized spacial score (nSPS) is 10.9. The van der Waals surface area contributed by atoms with Gasteiger partial charge in [0, 0.05) is 21.1 Å². The average molecular weight is 489 g/mol. The first-order chi connectivity index (χ1) is 15.3. The lowest BCUT2D eigenvalue weighted by Crippen LogP contribution is -2.14. The summed E-state index contributed by atoms with van der Waals surface area (Å²) < 4.78 is 6.41. The van der Waals surface area contributed by atoms with E-state index in [1.54, 1.807) is 7.11 Å². The number of pyridine rings is 1. The molecule has 162 valence electrons. The topological polar surface area (TPSA) is 51.2 Å². The molecular weight excluding hydrogens is 464 g/mol. The smallest absolute Gasteiger partial charge is 0.256 e. The van der Waals surface area contributed by atoms with Gasteiger partial charge in [0.05, 0.1) is 23.9 Å². The van der Waals surface area contributed by atoms with Crippen molar-refractivity contribution in [3.8, 4) is 17.0 Å². The monoisotopic (exact) mass is 488 g/mol. The summed E-state index contributed by atoms with van der Waals surface area (Å²) in [5.41, 5.74) is 8.12. The van der Waals surface area contributed by atoms with Gasteiger partial charge in [-0.15, -0.1) is 0 Å². The summed E-state index contributed by atoms with van der Waals surface area (Å²) in [6.45, 7) is 8.11. The summed E-state index contributed by atoms with van der Waals surface area (Å²) >= 11 is 3.56. The Labute approximate surface area is 196 Å². The SMILES string of the molecule is COc1cccc(-c2cc(C(=O)Nc3ccc(Br)c(C)c3C)c3cc(C)cc(C)c3n2)c1. The number of aromatic nitrogens is 1. The quantitative estimate of drug-likeness (QED) is 0.331. The molecule has 5 heteroatoms. The van der Waals surface area contributed by atoms with Crippen molar-refractivity contribution in [2.24, 2.45) is 0 Å². The van der Waals surface area contributed by atoms with Crippen molar-refractivity contribution in [1.29, 1.82) is 0 Å². The van der Waals surface area contributed by atoms with Gasteiger partial charge in [-0.25, -0.2) is 4.98 Å². The van der Waals surface area contributed by atoms with Gasteiger partial charge in [0.2, 0.25) is 0 Å². The number of ether oxygens (including phenoxy) is 1. The van der Waals surface area contributed by atoms with E-state index in [0.717, 1.165) is 60.3 Å². The number of methoxy groups -OCH3 is 1. The zero-order chi connectivity index (χ0) is 23.0. The molecule has 0 atom stereocenters. The summed E-state index contributed by atoms with van der Waals surface area (Å²) in [5.74, 6) is 0.591. The Morgan fingerprint density at radius 1 is 0.969 bits per heavy atom. The molecule has 0 saturated heterocycles. The van der Waals surface area contributed by atoms with Gasteiger partial charge < -0.3 is 10.1 Å². The molecule has 1 amide bonds. The molecule has 0 aliphatic heterocycles. The highest BCUT2D eigenvalue weighted by Gasteiger charge is 2.17. The average Bonchev–Trinajstić information content (AvgIpc) is 2.78. The molecule has 3 aromatic carbocycles. The van der Waals surface area contributed by atoms with Crippen molar-refractivity contribution >= 4 is 38.4 Å². The number of benzene rings is 3. The molecule has 1 aromatic heterocycles. The van der Waals surface area contributed by atoms with Gasteiger partial charge >= 0.3 is 0 Å². The van der Waals surface area contributed by atoms with Crippen LogP contribution in [-0.4, -0.2) is 18.0 Å². The Morgan fingerprint density at radius 3 is 2.50 bits per heavy atom. The zero-order valence-electron chi connectivity index (χ0n) is 18.8. The number of fused-ring (bicyclic) bond motifs is 1. The number of carbonyl (C=O) groups is 1. The maximum absolute atomic E-state index is 13.5. The maximum atomic E-state index is 13.5. The van der Waals surface area contributed by atoms with E-state index in [2.05, 4.69) is 27.3 Å². The van der Waals surface area contributed by atoms with Crippen LogP contribution in [0.25, 0.3) is 22.2 Å². The fourth-order valence-electron chi connectivity index (χ4n) is 3.91. The van der Waals surface area contributed by atoms with E-state index in [0.29, 0.717) is 5.56 Å². The second-order valence-electron chi connectivity index (χ2n) is 8.06. The first kappa shape index (κ1) is 22.0. The maximum Gasteiger partial charge on any atom is 0.256 e. The molecule has 1 N–H and O–H groups in total. The van der Waals surface area contributed by atoms with Crippen LogP contribution >= 0.6 is 15.9 Å². The molecule has 4 aromatic rings. The van der Waals surface area contributed by atoms with Crippen LogP contribution in [0.5, 0.6) is 5.75 Å². The van der Waals surface area contributed by atoms with E-state index in [4.69, 9.17) is 9.72 Å². The molecule has 1 heterocycles.